The van der Waals surface area contributed by atoms with Crippen molar-refractivity contribution in [3.05, 3.63) is 28.2 Å². The Hall–Kier alpha value is -0.540. The molecule has 114 valence electrons. The van der Waals surface area contributed by atoms with Gasteiger partial charge < -0.3 is 10.2 Å². The highest BCUT2D eigenvalue weighted by Gasteiger charge is 2.17. The van der Waals surface area contributed by atoms with Crippen LogP contribution in [0.4, 0.5) is 5.69 Å². The van der Waals surface area contributed by atoms with Crippen molar-refractivity contribution >= 4 is 21.6 Å². The maximum absolute atomic E-state index is 3.58. The first-order valence-electron chi connectivity index (χ1n) is 7.22. The maximum atomic E-state index is 3.58. The molecule has 0 unspecified atom stereocenters. The van der Waals surface area contributed by atoms with Crippen LogP contribution in [0.1, 0.15) is 47.1 Å². The average Bonchev–Trinajstić information content (AvgIpc) is 2.22. The van der Waals surface area contributed by atoms with Crippen LogP contribution in [-0.2, 0) is 6.54 Å². The summed E-state index contributed by atoms with van der Waals surface area (Å²) in [6, 6.07) is 6.54. The summed E-state index contributed by atoms with van der Waals surface area (Å²) in [5.41, 5.74) is 3.06. The van der Waals surface area contributed by atoms with Gasteiger partial charge in [0.05, 0.1) is 0 Å². The highest BCUT2D eigenvalue weighted by Crippen LogP contribution is 2.27. The van der Waals surface area contributed by atoms with E-state index in [0.717, 1.165) is 17.6 Å². The number of hydrogen-bond acceptors (Lipinski definition) is 2. The standard InChI is InChI=1S/C17H29BrN2/c1-16(2,3)12-20(7)15-9-8-14(18)10-13(15)11-19-17(4,5)6/h8-10,19H,11-12H2,1-7H3. The Morgan fingerprint density at radius 3 is 2.20 bits per heavy atom. The summed E-state index contributed by atoms with van der Waals surface area (Å²) < 4.78 is 1.14. The van der Waals surface area contributed by atoms with Gasteiger partial charge in [0.25, 0.3) is 0 Å². The number of halogens is 1. The number of nitrogens with zero attached hydrogens (tertiary/aromatic N) is 1. The molecule has 1 N–H and O–H groups in total. The van der Waals surface area contributed by atoms with Gasteiger partial charge in [-0.05, 0) is 49.9 Å². The van der Waals surface area contributed by atoms with E-state index >= 15 is 0 Å². The summed E-state index contributed by atoms with van der Waals surface area (Å²) in [6.45, 7) is 15.3. The zero-order valence-electron chi connectivity index (χ0n) is 14.0. The van der Waals surface area contributed by atoms with E-state index in [2.05, 4.69) is 92.9 Å². The van der Waals surface area contributed by atoms with E-state index in [1.54, 1.807) is 0 Å². The van der Waals surface area contributed by atoms with E-state index in [1.165, 1.54) is 11.3 Å². The van der Waals surface area contributed by atoms with Crippen molar-refractivity contribution < 1.29 is 0 Å². The summed E-state index contributed by atoms with van der Waals surface area (Å²) in [5, 5.41) is 3.58. The van der Waals surface area contributed by atoms with Crippen LogP contribution in [0.2, 0.25) is 0 Å². The molecule has 0 atom stereocenters. The Kier molecular flexibility index (Phi) is 5.68. The quantitative estimate of drug-likeness (QED) is 0.845. The fraction of sp³-hybridized carbons (Fsp3) is 0.647. The molecule has 0 amide bonds. The minimum absolute atomic E-state index is 0.127. The van der Waals surface area contributed by atoms with Gasteiger partial charge in [-0.1, -0.05) is 36.7 Å². The lowest BCUT2D eigenvalue weighted by Gasteiger charge is -2.31. The first-order chi connectivity index (χ1) is 8.98. The zero-order chi connectivity index (χ0) is 15.6. The number of benzene rings is 1. The Bertz CT molecular complexity index is 441. The third kappa shape index (κ3) is 6.27. The topological polar surface area (TPSA) is 15.3 Å². The molecular weight excluding hydrogens is 312 g/mol. The van der Waals surface area contributed by atoms with Crippen molar-refractivity contribution in [2.45, 2.75) is 53.6 Å². The highest BCUT2D eigenvalue weighted by atomic mass is 79.9. The lowest BCUT2D eigenvalue weighted by molar-refractivity contribution is 0.414. The molecule has 0 heterocycles. The summed E-state index contributed by atoms with van der Waals surface area (Å²) in [6.07, 6.45) is 0. The first-order valence-corrected chi connectivity index (χ1v) is 8.02. The lowest BCUT2D eigenvalue weighted by atomic mass is 9.95. The monoisotopic (exact) mass is 340 g/mol. The van der Waals surface area contributed by atoms with Crippen molar-refractivity contribution in [1.29, 1.82) is 0 Å². The van der Waals surface area contributed by atoms with Crippen LogP contribution in [0.3, 0.4) is 0 Å². The second-order valence-electron chi connectivity index (χ2n) is 7.79. The van der Waals surface area contributed by atoms with Crippen LogP contribution >= 0.6 is 15.9 Å². The molecule has 0 aromatic heterocycles. The van der Waals surface area contributed by atoms with E-state index in [-0.39, 0.29) is 11.0 Å². The van der Waals surface area contributed by atoms with E-state index in [4.69, 9.17) is 0 Å². The summed E-state index contributed by atoms with van der Waals surface area (Å²) >= 11 is 3.58. The molecule has 2 nitrogen and oxygen atoms in total. The van der Waals surface area contributed by atoms with Crippen molar-refractivity contribution in [3.63, 3.8) is 0 Å². The molecule has 1 rings (SSSR count). The first kappa shape index (κ1) is 17.5. The molecular formula is C17H29BrN2. The third-order valence-electron chi connectivity index (χ3n) is 2.97. The van der Waals surface area contributed by atoms with Crippen molar-refractivity contribution in [2.24, 2.45) is 5.41 Å². The van der Waals surface area contributed by atoms with Gasteiger partial charge in [-0.25, -0.2) is 0 Å². The van der Waals surface area contributed by atoms with E-state index in [1.807, 2.05) is 0 Å². The molecule has 0 radical (unpaired) electrons. The second kappa shape index (κ2) is 6.48. The molecule has 0 spiro atoms. The molecule has 0 fully saturated rings. The molecule has 0 saturated carbocycles. The molecule has 0 aliphatic rings. The van der Waals surface area contributed by atoms with Gasteiger partial charge in [0.15, 0.2) is 0 Å². The van der Waals surface area contributed by atoms with Crippen molar-refractivity contribution in [3.8, 4) is 0 Å². The van der Waals surface area contributed by atoms with E-state index in [9.17, 15) is 0 Å². The van der Waals surface area contributed by atoms with Gasteiger partial charge in [0.1, 0.15) is 0 Å². The minimum Gasteiger partial charge on any atom is -0.374 e. The number of anilines is 1. The van der Waals surface area contributed by atoms with Crippen molar-refractivity contribution in [1.82, 2.24) is 5.32 Å². The lowest BCUT2D eigenvalue weighted by Crippen LogP contribution is -2.36. The molecule has 0 aliphatic heterocycles. The fourth-order valence-electron chi connectivity index (χ4n) is 2.23. The van der Waals surface area contributed by atoms with E-state index in [0.29, 0.717) is 0 Å². The molecule has 1 aromatic carbocycles. The molecule has 0 bridgehead atoms. The predicted molar refractivity (Wildman–Crippen MR) is 93.5 cm³/mol. The second-order valence-corrected chi connectivity index (χ2v) is 8.71. The van der Waals surface area contributed by atoms with Gasteiger partial charge in [-0.15, -0.1) is 0 Å². The Labute approximate surface area is 133 Å². The normalized spacial score (nSPS) is 12.6. The minimum atomic E-state index is 0.127. The Morgan fingerprint density at radius 2 is 1.70 bits per heavy atom. The van der Waals surface area contributed by atoms with E-state index < -0.39 is 0 Å². The zero-order valence-corrected chi connectivity index (χ0v) is 15.6. The molecule has 1 aromatic rings. The number of nitrogens with one attached hydrogen (secondary N) is 1. The van der Waals surface area contributed by atoms with Crippen molar-refractivity contribution in [2.75, 3.05) is 18.5 Å². The van der Waals surface area contributed by atoms with Gasteiger partial charge in [-0.2, -0.15) is 0 Å². The SMILES string of the molecule is CN(CC(C)(C)C)c1ccc(Br)cc1CNC(C)(C)C. The van der Waals surface area contributed by atoms with Crippen LogP contribution in [0.5, 0.6) is 0 Å². The third-order valence-corrected chi connectivity index (χ3v) is 3.47. The predicted octanol–water partition coefficient (Wildman–Crippen LogP) is 4.82. The Balaban J connectivity index is 2.95. The smallest absolute Gasteiger partial charge is 0.0410 e. The van der Waals surface area contributed by atoms with Crippen LogP contribution < -0.4 is 10.2 Å². The van der Waals surface area contributed by atoms with Crippen LogP contribution in [-0.4, -0.2) is 19.1 Å². The largest absolute Gasteiger partial charge is 0.374 e. The van der Waals surface area contributed by atoms with Gasteiger partial charge >= 0.3 is 0 Å². The summed E-state index contributed by atoms with van der Waals surface area (Å²) in [5.74, 6) is 0. The Morgan fingerprint density at radius 1 is 1.10 bits per heavy atom. The summed E-state index contributed by atoms with van der Waals surface area (Å²) in [7, 11) is 2.18. The number of rotatable bonds is 4. The van der Waals surface area contributed by atoms with Crippen LogP contribution in [0.25, 0.3) is 0 Å². The molecule has 20 heavy (non-hydrogen) atoms. The summed E-state index contributed by atoms with van der Waals surface area (Å²) in [4.78, 5) is 2.35. The molecule has 0 aliphatic carbocycles. The average molecular weight is 341 g/mol. The van der Waals surface area contributed by atoms with Crippen LogP contribution in [0, 0.1) is 5.41 Å². The number of hydrogen-bond donors (Lipinski definition) is 1. The van der Waals surface area contributed by atoms with Gasteiger partial charge in [-0.3, -0.25) is 0 Å². The van der Waals surface area contributed by atoms with Gasteiger partial charge in [0, 0.05) is 35.8 Å². The molecule has 3 heteroatoms. The molecule has 0 saturated heterocycles. The highest BCUT2D eigenvalue weighted by molar-refractivity contribution is 9.10. The maximum Gasteiger partial charge on any atom is 0.0410 e. The van der Waals surface area contributed by atoms with Gasteiger partial charge in [0.2, 0.25) is 0 Å². The van der Waals surface area contributed by atoms with Crippen LogP contribution in [0.15, 0.2) is 22.7 Å². The fourth-order valence-corrected chi connectivity index (χ4v) is 2.63.